The van der Waals surface area contributed by atoms with Crippen LogP contribution in [0.15, 0.2) is 36.4 Å². The zero-order valence-corrected chi connectivity index (χ0v) is 17.8. The second-order valence-corrected chi connectivity index (χ2v) is 7.68. The molecule has 1 aromatic heterocycles. The van der Waals surface area contributed by atoms with Crippen LogP contribution in [0.4, 0.5) is 0 Å². The summed E-state index contributed by atoms with van der Waals surface area (Å²) in [7, 11) is 0. The number of likely N-dealkylation sites (tertiary alicyclic amines) is 1. The largest absolute Gasteiger partial charge is 0.466 e. The van der Waals surface area contributed by atoms with Gasteiger partial charge in [0.05, 0.1) is 12.5 Å². The van der Waals surface area contributed by atoms with E-state index in [0.29, 0.717) is 32.5 Å². The summed E-state index contributed by atoms with van der Waals surface area (Å²) in [6, 6.07) is 10.5. The van der Waals surface area contributed by atoms with Gasteiger partial charge in [-0.1, -0.05) is 17.7 Å². The molecule has 1 amide bonds. The molecule has 5 nitrogen and oxygen atoms in total. The molecule has 0 spiro atoms. The van der Waals surface area contributed by atoms with Crippen molar-refractivity contribution in [1.82, 2.24) is 9.47 Å². The number of nitrogens with zero attached hydrogens (tertiary/aromatic N) is 2. The Morgan fingerprint density at radius 2 is 1.76 bits per heavy atom. The van der Waals surface area contributed by atoms with Crippen LogP contribution in [0, 0.1) is 26.7 Å². The molecule has 0 aliphatic carbocycles. The van der Waals surface area contributed by atoms with Gasteiger partial charge in [-0.25, -0.2) is 0 Å². The lowest BCUT2D eigenvalue weighted by Gasteiger charge is -2.30. The number of carbonyl (C=O) groups is 2. The second kappa shape index (κ2) is 9.12. The van der Waals surface area contributed by atoms with Gasteiger partial charge in [-0.3, -0.25) is 9.59 Å². The Labute approximate surface area is 173 Å². The Morgan fingerprint density at radius 3 is 2.38 bits per heavy atom. The number of rotatable bonds is 5. The van der Waals surface area contributed by atoms with E-state index in [1.165, 1.54) is 5.56 Å². The number of amides is 1. The van der Waals surface area contributed by atoms with Crippen molar-refractivity contribution in [3.8, 4) is 5.69 Å². The number of hydrogen-bond acceptors (Lipinski definition) is 3. The molecule has 1 aromatic carbocycles. The van der Waals surface area contributed by atoms with Gasteiger partial charge in [0.25, 0.3) is 0 Å². The molecule has 0 radical (unpaired) electrons. The number of ether oxygens (including phenoxy) is 1. The fourth-order valence-corrected chi connectivity index (χ4v) is 3.91. The lowest BCUT2D eigenvalue weighted by atomic mass is 9.97. The molecule has 2 heterocycles. The summed E-state index contributed by atoms with van der Waals surface area (Å²) in [5.74, 6) is -0.234. The predicted octanol–water partition coefficient (Wildman–Crippen LogP) is 4.22. The van der Waals surface area contributed by atoms with Crippen molar-refractivity contribution in [2.45, 2.75) is 40.5 Å². The average molecular weight is 395 g/mol. The highest BCUT2D eigenvalue weighted by Gasteiger charge is 2.27. The monoisotopic (exact) mass is 394 g/mol. The Balaban J connectivity index is 1.66. The number of aromatic nitrogens is 1. The number of carbonyl (C=O) groups excluding carboxylic acids is 2. The van der Waals surface area contributed by atoms with E-state index < -0.39 is 0 Å². The molecule has 0 atom stereocenters. The van der Waals surface area contributed by atoms with Crippen LogP contribution in [-0.2, 0) is 14.3 Å². The maximum absolute atomic E-state index is 12.6. The molecule has 154 valence electrons. The van der Waals surface area contributed by atoms with Crippen LogP contribution in [-0.4, -0.2) is 41.0 Å². The summed E-state index contributed by atoms with van der Waals surface area (Å²) in [6.07, 6.45) is 4.87. The van der Waals surface area contributed by atoms with E-state index in [1.807, 2.05) is 17.9 Å². The minimum absolute atomic E-state index is 0.00699. The maximum Gasteiger partial charge on any atom is 0.309 e. The molecular formula is C24H30N2O3. The zero-order chi connectivity index (χ0) is 21.0. The summed E-state index contributed by atoms with van der Waals surface area (Å²) in [4.78, 5) is 26.3. The highest BCUT2D eigenvalue weighted by molar-refractivity contribution is 5.92. The van der Waals surface area contributed by atoms with Crippen molar-refractivity contribution < 1.29 is 14.3 Å². The lowest BCUT2D eigenvalue weighted by Crippen LogP contribution is -2.39. The smallest absolute Gasteiger partial charge is 0.309 e. The van der Waals surface area contributed by atoms with E-state index in [1.54, 1.807) is 6.08 Å². The number of aryl methyl sites for hydroxylation is 2. The van der Waals surface area contributed by atoms with E-state index in [4.69, 9.17) is 4.74 Å². The van der Waals surface area contributed by atoms with E-state index in [-0.39, 0.29) is 17.8 Å². The third kappa shape index (κ3) is 4.78. The van der Waals surface area contributed by atoms with E-state index >= 15 is 0 Å². The predicted molar refractivity (Wildman–Crippen MR) is 115 cm³/mol. The van der Waals surface area contributed by atoms with Crippen LogP contribution in [0.1, 0.15) is 42.3 Å². The molecule has 1 aliphatic rings. The first-order valence-electron chi connectivity index (χ1n) is 10.3. The van der Waals surface area contributed by atoms with Crippen molar-refractivity contribution in [2.75, 3.05) is 19.7 Å². The van der Waals surface area contributed by atoms with E-state index in [2.05, 4.69) is 55.7 Å². The Bertz CT molecular complexity index is 901. The molecule has 2 aromatic rings. The molecule has 0 saturated carbocycles. The molecule has 5 heteroatoms. The van der Waals surface area contributed by atoms with Gasteiger partial charge in [-0.05, 0) is 70.4 Å². The summed E-state index contributed by atoms with van der Waals surface area (Å²) >= 11 is 0. The molecule has 3 rings (SSSR count). The molecule has 1 saturated heterocycles. The highest BCUT2D eigenvalue weighted by atomic mass is 16.5. The number of piperidine rings is 1. The van der Waals surface area contributed by atoms with Crippen LogP contribution in [0.5, 0.6) is 0 Å². The number of hydrogen-bond donors (Lipinski definition) is 0. The first kappa shape index (κ1) is 20.9. The van der Waals surface area contributed by atoms with Crippen LogP contribution in [0.2, 0.25) is 0 Å². The minimum atomic E-state index is -0.140. The molecule has 0 unspecified atom stereocenters. The molecular weight excluding hydrogens is 364 g/mol. The van der Waals surface area contributed by atoms with Crippen LogP contribution in [0.3, 0.4) is 0 Å². The van der Waals surface area contributed by atoms with Gasteiger partial charge in [-0.15, -0.1) is 0 Å². The summed E-state index contributed by atoms with van der Waals surface area (Å²) in [5.41, 5.74) is 5.63. The summed E-state index contributed by atoms with van der Waals surface area (Å²) in [6.45, 7) is 9.63. The SMILES string of the molecule is CCOC(=O)C1CCN(C(=O)/C=C/c2cc(C)n(-c3ccc(C)cc3)c2C)CC1. The zero-order valence-electron chi connectivity index (χ0n) is 17.8. The van der Waals surface area contributed by atoms with Crippen molar-refractivity contribution in [3.05, 3.63) is 58.9 Å². The van der Waals surface area contributed by atoms with Gasteiger partial charge < -0.3 is 14.2 Å². The maximum atomic E-state index is 12.6. The standard InChI is InChI=1S/C24H30N2O3/c1-5-29-24(28)20-12-14-25(15-13-20)23(27)11-8-21-16-18(3)26(19(21)4)22-9-6-17(2)7-10-22/h6-11,16,20H,5,12-15H2,1-4H3/b11-8+. The summed E-state index contributed by atoms with van der Waals surface area (Å²) in [5, 5.41) is 0. The van der Waals surface area contributed by atoms with E-state index in [9.17, 15) is 9.59 Å². The van der Waals surface area contributed by atoms with Gasteiger partial charge in [0.2, 0.25) is 5.91 Å². The van der Waals surface area contributed by atoms with E-state index in [0.717, 1.165) is 22.6 Å². The number of esters is 1. The first-order valence-corrected chi connectivity index (χ1v) is 10.3. The van der Waals surface area contributed by atoms with Crippen LogP contribution >= 0.6 is 0 Å². The Hall–Kier alpha value is -2.82. The van der Waals surface area contributed by atoms with Crippen LogP contribution < -0.4 is 0 Å². The van der Waals surface area contributed by atoms with Gasteiger partial charge in [0.15, 0.2) is 0 Å². The van der Waals surface area contributed by atoms with Gasteiger partial charge in [-0.2, -0.15) is 0 Å². The van der Waals surface area contributed by atoms with Gasteiger partial charge in [0.1, 0.15) is 0 Å². The first-order chi connectivity index (χ1) is 13.9. The molecule has 29 heavy (non-hydrogen) atoms. The van der Waals surface area contributed by atoms with Crippen LogP contribution in [0.25, 0.3) is 11.8 Å². The molecule has 1 fully saturated rings. The Morgan fingerprint density at radius 1 is 1.10 bits per heavy atom. The second-order valence-electron chi connectivity index (χ2n) is 7.68. The van der Waals surface area contributed by atoms with Crippen molar-refractivity contribution in [3.63, 3.8) is 0 Å². The van der Waals surface area contributed by atoms with Gasteiger partial charge >= 0.3 is 5.97 Å². The topological polar surface area (TPSA) is 51.5 Å². The van der Waals surface area contributed by atoms with Crippen molar-refractivity contribution in [1.29, 1.82) is 0 Å². The number of benzene rings is 1. The summed E-state index contributed by atoms with van der Waals surface area (Å²) < 4.78 is 7.30. The third-order valence-electron chi connectivity index (χ3n) is 5.59. The molecule has 0 N–H and O–H groups in total. The third-order valence-corrected chi connectivity index (χ3v) is 5.59. The molecule has 1 aliphatic heterocycles. The van der Waals surface area contributed by atoms with Gasteiger partial charge in [0, 0.05) is 36.2 Å². The highest BCUT2D eigenvalue weighted by Crippen LogP contribution is 2.23. The fraction of sp³-hybridized carbons (Fsp3) is 0.417. The molecule has 0 bridgehead atoms. The Kier molecular flexibility index (Phi) is 6.57. The van der Waals surface area contributed by atoms with Crippen molar-refractivity contribution >= 4 is 18.0 Å². The minimum Gasteiger partial charge on any atom is -0.466 e. The quantitative estimate of drug-likeness (QED) is 0.564. The van der Waals surface area contributed by atoms with Crippen molar-refractivity contribution in [2.24, 2.45) is 5.92 Å². The fourth-order valence-electron chi connectivity index (χ4n) is 3.91. The lowest BCUT2D eigenvalue weighted by molar-refractivity contribution is -0.150. The average Bonchev–Trinajstić information content (AvgIpc) is 3.00. The normalized spacial score (nSPS) is 15.1.